The summed E-state index contributed by atoms with van der Waals surface area (Å²) in [5.41, 5.74) is -1.06. The first-order valence-electron chi connectivity index (χ1n) is 5.58. The van der Waals surface area contributed by atoms with E-state index in [1.54, 1.807) is 13.0 Å². The van der Waals surface area contributed by atoms with Crippen molar-refractivity contribution in [1.29, 1.82) is 0 Å². The molecule has 0 radical (unpaired) electrons. The number of furan rings is 1. The Morgan fingerprint density at radius 2 is 2.00 bits per heavy atom. The SMILES string of the molecule is Cc1ccc(-n2c(=O)[nH]c3cc(F)ccc3c2=O)o1. The van der Waals surface area contributed by atoms with E-state index in [2.05, 4.69) is 4.98 Å². The second-order valence-corrected chi connectivity index (χ2v) is 4.14. The summed E-state index contributed by atoms with van der Waals surface area (Å²) in [6.07, 6.45) is 0. The van der Waals surface area contributed by atoms with Crippen molar-refractivity contribution in [2.24, 2.45) is 0 Å². The normalized spacial score (nSPS) is 11.1. The molecule has 2 heterocycles. The Kier molecular flexibility index (Phi) is 2.38. The zero-order chi connectivity index (χ0) is 13.6. The molecule has 0 fully saturated rings. The Morgan fingerprint density at radius 3 is 2.68 bits per heavy atom. The van der Waals surface area contributed by atoms with Crippen LogP contribution < -0.4 is 11.2 Å². The lowest BCUT2D eigenvalue weighted by Crippen LogP contribution is -2.33. The zero-order valence-corrected chi connectivity index (χ0v) is 9.94. The average Bonchev–Trinajstić information content (AvgIpc) is 2.75. The van der Waals surface area contributed by atoms with Gasteiger partial charge in [-0.1, -0.05) is 0 Å². The van der Waals surface area contributed by atoms with Crippen LogP contribution in [0.5, 0.6) is 0 Å². The summed E-state index contributed by atoms with van der Waals surface area (Å²) in [6, 6.07) is 6.78. The van der Waals surface area contributed by atoms with Crippen molar-refractivity contribution >= 4 is 10.9 Å². The zero-order valence-electron chi connectivity index (χ0n) is 9.94. The van der Waals surface area contributed by atoms with Gasteiger partial charge in [0.2, 0.25) is 5.88 Å². The molecule has 19 heavy (non-hydrogen) atoms. The highest BCUT2D eigenvalue weighted by molar-refractivity contribution is 5.77. The first kappa shape index (κ1) is 11.5. The van der Waals surface area contributed by atoms with Gasteiger partial charge in [0.15, 0.2) is 0 Å². The number of rotatable bonds is 1. The third-order valence-corrected chi connectivity index (χ3v) is 2.81. The molecular formula is C13H9FN2O3. The smallest absolute Gasteiger partial charge is 0.335 e. The van der Waals surface area contributed by atoms with Crippen molar-refractivity contribution in [3.8, 4) is 5.88 Å². The first-order chi connectivity index (χ1) is 9.06. The number of nitrogens with zero attached hydrogens (tertiary/aromatic N) is 1. The average molecular weight is 260 g/mol. The summed E-state index contributed by atoms with van der Waals surface area (Å²) in [7, 11) is 0. The Balaban J connectivity index is 2.41. The largest absolute Gasteiger partial charge is 0.445 e. The van der Waals surface area contributed by atoms with Gasteiger partial charge >= 0.3 is 5.69 Å². The maximum atomic E-state index is 13.1. The molecule has 1 N–H and O–H groups in total. The fourth-order valence-corrected chi connectivity index (χ4v) is 1.93. The third kappa shape index (κ3) is 1.77. The van der Waals surface area contributed by atoms with E-state index in [9.17, 15) is 14.0 Å². The lowest BCUT2D eigenvalue weighted by atomic mass is 10.2. The molecule has 0 saturated carbocycles. The Bertz CT molecular complexity index is 889. The van der Waals surface area contributed by atoms with Crippen LogP contribution in [0, 0.1) is 12.7 Å². The van der Waals surface area contributed by atoms with Gasteiger partial charge in [-0.3, -0.25) is 4.79 Å². The van der Waals surface area contributed by atoms with Crippen molar-refractivity contribution in [2.45, 2.75) is 6.92 Å². The maximum Gasteiger partial charge on any atom is 0.335 e. The molecule has 0 atom stereocenters. The molecule has 0 bridgehead atoms. The van der Waals surface area contributed by atoms with Crippen LogP contribution in [-0.2, 0) is 0 Å². The molecule has 0 unspecified atom stereocenters. The van der Waals surface area contributed by atoms with E-state index >= 15 is 0 Å². The third-order valence-electron chi connectivity index (χ3n) is 2.81. The van der Waals surface area contributed by atoms with Crippen molar-refractivity contribution in [1.82, 2.24) is 9.55 Å². The lowest BCUT2D eigenvalue weighted by Gasteiger charge is -2.03. The highest BCUT2D eigenvalue weighted by atomic mass is 19.1. The lowest BCUT2D eigenvalue weighted by molar-refractivity contribution is 0.501. The molecule has 6 heteroatoms. The van der Waals surface area contributed by atoms with E-state index in [4.69, 9.17) is 4.42 Å². The van der Waals surface area contributed by atoms with Crippen LogP contribution in [0.1, 0.15) is 5.76 Å². The van der Waals surface area contributed by atoms with Crippen molar-refractivity contribution < 1.29 is 8.81 Å². The Morgan fingerprint density at radius 1 is 1.21 bits per heavy atom. The second-order valence-electron chi connectivity index (χ2n) is 4.14. The number of benzene rings is 1. The molecule has 0 amide bonds. The molecular weight excluding hydrogens is 251 g/mol. The number of nitrogens with one attached hydrogen (secondary N) is 1. The monoisotopic (exact) mass is 260 g/mol. The molecule has 0 saturated heterocycles. The van der Waals surface area contributed by atoms with Crippen LogP contribution in [0.4, 0.5) is 4.39 Å². The van der Waals surface area contributed by atoms with Gasteiger partial charge in [-0.25, -0.2) is 9.18 Å². The Labute approximate surface area is 105 Å². The number of halogens is 1. The van der Waals surface area contributed by atoms with E-state index in [0.717, 1.165) is 10.6 Å². The van der Waals surface area contributed by atoms with Gasteiger partial charge in [-0.2, -0.15) is 4.57 Å². The molecule has 1 aromatic carbocycles. The number of fused-ring (bicyclic) bond motifs is 1. The summed E-state index contributed by atoms with van der Waals surface area (Å²) in [5.74, 6) is 0.199. The van der Waals surface area contributed by atoms with Crippen LogP contribution in [-0.4, -0.2) is 9.55 Å². The number of aromatic nitrogens is 2. The van der Waals surface area contributed by atoms with E-state index in [-0.39, 0.29) is 16.8 Å². The standard InChI is InChI=1S/C13H9FN2O3/c1-7-2-5-11(19-7)16-12(17)9-4-3-8(14)6-10(9)15-13(16)18/h2-6H,1H3,(H,15,18). The quantitative estimate of drug-likeness (QED) is 0.724. The fourth-order valence-electron chi connectivity index (χ4n) is 1.93. The summed E-state index contributed by atoms with van der Waals surface area (Å²) >= 11 is 0. The summed E-state index contributed by atoms with van der Waals surface area (Å²) in [6.45, 7) is 1.71. The van der Waals surface area contributed by atoms with Crippen LogP contribution in [0.2, 0.25) is 0 Å². The Hall–Kier alpha value is -2.63. The minimum absolute atomic E-state index is 0.134. The number of aromatic amines is 1. The van der Waals surface area contributed by atoms with E-state index in [1.165, 1.54) is 18.2 Å². The predicted molar refractivity (Wildman–Crippen MR) is 67.1 cm³/mol. The molecule has 3 aromatic rings. The highest BCUT2D eigenvalue weighted by Crippen LogP contribution is 2.11. The van der Waals surface area contributed by atoms with Crippen molar-refractivity contribution in [2.75, 3.05) is 0 Å². The first-order valence-corrected chi connectivity index (χ1v) is 5.58. The van der Waals surface area contributed by atoms with Crippen LogP contribution >= 0.6 is 0 Å². The van der Waals surface area contributed by atoms with E-state index in [1.807, 2.05) is 0 Å². The number of hydrogen-bond donors (Lipinski definition) is 1. The number of aryl methyl sites for hydroxylation is 1. The van der Waals surface area contributed by atoms with Gasteiger partial charge < -0.3 is 9.40 Å². The van der Waals surface area contributed by atoms with Crippen LogP contribution in [0.25, 0.3) is 16.8 Å². The van der Waals surface area contributed by atoms with E-state index < -0.39 is 17.1 Å². The molecule has 0 aliphatic carbocycles. The summed E-state index contributed by atoms with van der Waals surface area (Å²) in [4.78, 5) is 26.6. The van der Waals surface area contributed by atoms with Gasteiger partial charge in [0, 0.05) is 6.07 Å². The highest BCUT2D eigenvalue weighted by Gasteiger charge is 2.12. The fraction of sp³-hybridized carbons (Fsp3) is 0.0769. The minimum atomic E-state index is -0.669. The second kappa shape index (κ2) is 3.94. The molecule has 3 rings (SSSR count). The number of hydrogen-bond acceptors (Lipinski definition) is 3. The van der Waals surface area contributed by atoms with Gasteiger partial charge in [0.25, 0.3) is 5.56 Å². The van der Waals surface area contributed by atoms with E-state index in [0.29, 0.717) is 5.76 Å². The maximum absolute atomic E-state index is 13.1. The summed E-state index contributed by atoms with van der Waals surface area (Å²) < 4.78 is 19.2. The molecule has 96 valence electrons. The molecule has 0 spiro atoms. The van der Waals surface area contributed by atoms with Gasteiger partial charge in [0.1, 0.15) is 11.6 Å². The van der Waals surface area contributed by atoms with Gasteiger partial charge in [0.05, 0.1) is 10.9 Å². The van der Waals surface area contributed by atoms with Gasteiger partial charge in [-0.05, 0) is 31.2 Å². The van der Waals surface area contributed by atoms with Crippen LogP contribution in [0.3, 0.4) is 0 Å². The summed E-state index contributed by atoms with van der Waals surface area (Å²) in [5, 5.41) is 0.218. The predicted octanol–water partition coefficient (Wildman–Crippen LogP) is 1.72. The van der Waals surface area contributed by atoms with Crippen LogP contribution in [0.15, 0.2) is 44.3 Å². The van der Waals surface area contributed by atoms with Crippen molar-refractivity contribution in [3.63, 3.8) is 0 Å². The number of H-pyrrole nitrogens is 1. The molecule has 5 nitrogen and oxygen atoms in total. The molecule has 2 aromatic heterocycles. The topological polar surface area (TPSA) is 68.0 Å². The van der Waals surface area contributed by atoms with Gasteiger partial charge in [-0.15, -0.1) is 0 Å². The van der Waals surface area contributed by atoms with Crippen molar-refractivity contribution in [3.05, 3.63) is 62.7 Å². The molecule has 0 aliphatic rings. The molecule has 0 aliphatic heterocycles. The minimum Gasteiger partial charge on any atom is -0.445 e.